The highest BCUT2D eigenvalue weighted by molar-refractivity contribution is 7.89. The van der Waals surface area contributed by atoms with Gasteiger partial charge in [0.1, 0.15) is 6.26 Å². The van der Waals surface area contributed by atoms with Crippen LogP contribution in [0.1, 0.15) is 48.0 Å². The van der Waals surface area contributed by atoms with Gasteiger partial charge in [-0.25, -0.2) is 22.9 Å². The summed E-state index contributed by atoms with van der Waals surface area (Å²) >= 11 is 0. The van der Waals surface area contributed by atoms with Crippen LogP contribution in [0.2, 0.25) is 0 Å². The first-order valence-corrected chi connectivity index (χ1v) is 11.7. The minimum atomic E-state index is -3.79. The number of aromatic nitrogens is 1. The van der Waals surface area contributed by atoms with Gasteiger partial charge in [-0.15, -0.1) is 0 Å². The zero-order valence-electron chi connectivity index (χ0n) is 18.9. The Morgan fingerprint density at radius 3 is 2.44 bits per heavy atom. The smallest absolute Gasteiger partial charge is 0.338 e. The minimum absolute atomic E-state index is 0.00304. The molecule has 0 saturated carbocycles. The number of aryl methyl sites for hydroxylation is 1. The molecule has 0 fully saturated rings. The largest absolute Gasteiger partial charge is 0.465 e. The summed E-state index contributed by atoms with van der Waals surface area (Å²) in [6.07, 6.45) is 1.89. The SMILES string of the molecule is COC(=O)c1cc(S(=O)(=O)NCCc2coc(-c3ccc(C(C)(C)C)cc3)n2)ccc1C. The average molecular weight is 457 g/mol. The van der Waals surface area contributed by atoms with Crippen molar-refractivity contribution in [2.45, 2.75) is 44.4 Å². The molecular formula is C24H28N2O5S. The summed E-state index contributed by atoms with van der Waals surface area (Å²) in [6.45, 7) is 8.31. The van der Waals surface area contributed by atoms with Crippen LogP contribution in [0.5, 0.6) is 0 Å². The van der Waals surface area contributed by atoms with Crippen molar-refractivity contribution in [2.24, 2.45) is 0 Å². The first-order valence-electron chi connectivity index (χ1n) is 10.3. The normalized spacial score (nSPS) is 12.0. The molecule has 32 heavy (non-hydrogen) atoms. The zero-order valence-corrected chi connectivity index (χ0v) is 19.7. The summed E-state index contributed by atoms with van der Waals surface area (Å²) in [7, 11) is -2.54. The van der Waals surface area contributed by atoms with Crippen molar-refractivity contribution in [3.05, 3.63) is 71.1 Å². The van der Waals surface area contributed by atoms with E-state index < -0.39 is 16.0 Å². The predicted octanol–water partition coefficient (Wildman–Crippen LogP) is 4.26. The summed E-state index contributed by atoms with van der Waals surface area (Å²) < 4.78 is 38.1. The number of carbonyl (C=O) groups is 1. The van der Waals surface area contributed by atoms with E-state index in [4.69, 9.17) is 9.15 Å². The fourth-order valence-electron chi connectivity index (χ4n) is 3.16. The Labute approximate surface area is 188 Å². The maximum Gasteiger partial charge on any atom is 0.338 e. The fraction of sp³-hybridized carbons (Fsp3) is 0.333. The Hall–Kier alpha value is -2.97. The van der Waals surface area contributed by atoms with E-state index in [1.165, 1.54) is 31.1 Å². The summed E-state index contributed by atoms with van der Waals surface area (Å²) in [4.78, 5) is 16.3. The van der Waals surface area contributed by atoms with Gasteiger partial charge in [0.05, 0.1) is 23.3 Å². The number of rotatable bonds is 7. The lowest BCUT2D eigenvalue weighted by atomic mass is 9.87. The molecule has 1 aromatic heterocycles. The Morgan fingerprint density at radius 2 is 1.81 bits per heavy atom. The number of sulfonamides is 1. The predicted molar refractivity (Wildman–Crippen MR) is 122 cm³/mol. The lowest BCUT2D eigenvalue weighted by Gasteiger charge is -2.18. The highest BCUT2D eigenvalue weighted by atomic mass is 32.2. The van der Waals surface area contributed by atoms with Gasteiger partial charge in [-0.2, -0.15) is 0 Å². The fourth-order valence-corrected chi connectivity index (χ4v) is 4.22. The molecule has 3 aromatic rings. The maximum atomic E-state index is 12.6. The number of carbonyl (C=O) groups excluding carboxylic acids is 1. The number of ether oxygens (including phenoxy) is 1. The molecule has 0 amide bonds. The molecule has 0 radical (unpaired) electrons. The van der Waals surface area contributed by atoms with Crippen molar-refractivity contribution in [2.75, 3.05) is 13.7 Å². The second-order valence-corrected chi connectivity index (χ2v) is 10.4. The van der Waals surface area contributed by atoms with Crippen molar-refractivity contribution in [1.82, 2.24) is 9.71 Å². The number of oxazole rings is 1. The lowest BCUT2D eigenvalue weighted by molar-refractivity contribution is 0.0599. The Kier molecular flexibility index (Phi) is 6.85. The van der Waals surface area contributed by atoms with E-state index in [1.807, 2.05) is 12.1 Å². The molecule has 0 bridgehead atoms. The van der Waals surface area contributed by atoms with Gasteiger partial charge in [0.15, 0.2) is 0 Å². The van der Waals surface area contributed by atoms with E-state index in [1.54, 1.807) is 13.0 Å². The van der Waals surface area contributed by atoms with Crippen LogP contribution in [-0.4, -0.2) is 33.0 Å². The van der Waals surface area contributed by atoms with E-state index in [0.29, 0.717) is 23.6 Å². The number of hydrogen-bond donors (Lipinski definition) is 1. The van der Waals surface area contributed by atoms with Crippen LogP contribution in [0.4, 0.5) is 0 Å². The molecule has 0 saturated heterocycles. The van der Waals surface area contributed by atoms with Gasteiger partial charge in [-0.1, -0.05) is 39.0 Å². The van der Waals surface area contributed by atoms with Gasteiger partial charge < -0.3 is 9.15 Å². The second kappa shape index (κ2) is 9.26. The Bertz CT molecular complexity index is 1210. The third-order valence-corrected chi connectivity index (χ3v) is 6.61. The number of hydrogen-bond acceptors (Lipinski definition) is 6. The molecule has 0 atom stereocenters. The molecule has 8 heteroatoms. The van der Waals surface area contributed by atoms with Crippen molar-refractivity contribution < 1.29 is 22.4 Å². The highest BCUT2D eigenvalue weighted by Crippen LogP contribution is 2.26. The summed E-state index contributed by atoms with van der Waals surface area (Å²) in [5.41, 5.74) is 3.64. The summed E-state index contributed by atoms with van der Waals surface area (Å²) in [6, 6.07) is 12.4. The third kappa shape index (κ3) is 5.44. The van der Waals surface area contributed by atoms with Crippen LogP contribution < -0.4 is 4.72 Å². The van der Waals surface area contributed by atoms with Gasteiger partial charge in [-0.05, 0) is 47.7 Å². The van der Waals surface area contributed by atoms with Crippen LogP contribution in [0.3, 0.4) is 0 Å². The van der Waals surface area contributed by atoms with Crippen LogP contribution in [-0.2, 0) is 26.6 Å². The maximum absolute atomic E-state index is 12.6. The van der Waals surface area contributed by atoms with Crippen LogP contribution in [0.25, 0.3) is 11.5 Å². The number of esters is 1. The van der Waals surface area contributed by atoms with Gasteiger partial charge in [-0.3, -0.25) is 0 Å². The summed E-state index contributed by atoms with van der Waals surface area (Å²) in [5.74, 6) is -0.0882. The molecule has 1 N–H and O–H groups in total. The standard InChI is InChI=1S/C24H28N2O5S/c1-16-6-11-20(14-21(16)23(27)30-5)32(28,29)25-13-12-19-15-31-22(26-19)17-7-9-18(10-8-17)24(2,3)4/h6-11,14-15,25H,12-13H2,1-5H3. The summed E-state index contributed by atoms with van der Waals surface area (Å²) in [5, 5.41) is 0. The zero-order chi connectivity index (χ0) is 23.5. The van der Waals surface area contributed by atoms with E-state index in [0.717, 1.165) is 5.56 Å². The number of nitrogens with zero attached hydrogens (tertiary/aromatic N) is 1. The molecule has 0 unspecified atom stereocenters. The highest BCUT2D eigenvalue weighted by Gasteiger charge is 2.19. The molecule has 0 aliphatic heterocycles. The molecule has 0 aliphatic rings. The van der Waals surface area contributed by atoms with Gasteiger partial charge in [0.25, 0.3) is 0 Å². The second-order valence-electron chi connectivity index (χ2n) is 8.59. The van der Waals surface area contributed by atoms with E-state index in [2.05, 4.69) is 42.6 Å². The van der Waals surface area contributed by atoms with Crippen LogP contribution in [0, 0.1) is 6.92 Å². The number of methoxy groups -OCH3 is 1. The van der Waals surface area contributed by atoms with E-state index in [9.17, 15) is 13.2 Å². The van der Waals surface area contributed by atoms with Gasteiger partial charge in [0, 0.05) is 18.5 Å². The molecule has 2 aromatic carbocycles. The van der Waals surface area contributed by atoms with Crippen molar-refractivity contribution in [1.29, 1.82) is 0 Å². The van der Waals surface area contributed by atoms with Gasteiger partial charge in [0.2, 0.25) is 15.9 Å². The van der Waals surface area contributed by atoms with Crippen LogP contribution in [0.15, 0.2) is 58.0 Å². The average Bonchev–Trinajstić information content (AvgIpc) is 3.21. The Balaban J connectivity index is 1.65. The Morgan fingerprint density at radius 1 is 1.12 bits per heavy atom. The van der Waals surface area contributed by atoms with Crippen LogP contribution >= 0.6 is 0 Å². The monoisotopic (exact) mass is 456 g/mol. The van der Waals surface area contributed by atoms with E-state index >= 15 is 0 Å². The topological polar surface area (TPSA) is 98.5 Å². The third-order valence-electron chi connectivity index (χ3n) is 5.15. The number of benzene rings is 2. The molecule has 0 aliphatic carbocycles. The molecule has 3 rings (SSSR count). The van der Waals surface area contributed by atoms with Crippen molar-refractivity contribution in [3.63, 3.8) is 0 Å². The van der Waals surface area contributed by atoms with Crippen molar-refractivity contribution in [3.8, 4) is 11.5 Å². The minimum Gasteiger partial charge on any atom is -0.465 e. The number of nitrogens with one attached hydrogen (secondary N) is 1. The first kappa shape index (κ1) is 23.7. The lowest BCUT2D eigenvalue weighted by Crippen LogP contribution is -2.26. The molecule has 1 heterocycles. The molecular weight excluding hydrogens is 428 g/mol. The van der Waals surface area contributed by atoms with Crippen molar-refractivity contribution >= 4 is 16.0 Å². The van der Waals surface area contributed by atoms with E-state index in [-0.39, 0.29) is 22.4 Å². The molecule has 0 spiro atoms. The molecule has 7 nitrogen and oxygen atoms in total. The first-order chi connectivity index (χ1) is 15.0. The quantitative estimate of drug-likeness (QED) is 0.534. The van der Waals surface area contributed by atoms with Gasteiger partial charge >= 0.3 is 5.97 Å². The molecule has 170 valence electrons.